The minimum atomic E-state index is -0.905. The van der Waals surface area contributed by atoms with Crippen molar-refractivity contribution in [3.63, 3.8) is 0 Å². The van der Waals surface area contributed by atoms with Gasteiger partial charge in [0, 0.05) is 11.3 Å². The van der Waals surface area contributed by atoms with E-state index < -0.39 is 10.8 Å². The lowest BCUT2D eigenvalue weighted by molar-refractivity contribution is 0.608. The van der Waals surface area contributed by atoms with E-state index in [1.54, 1.807) is 0 Å². The summed E-state index contributed by atoms with van der Waals surface area (Å²) in [6.07, 6.45) is 0.939. The summed E-state index contributed by atoms with van der Waals surface area (Å²) in [5.41, 5.74) is 1.02. The van der Waals surface area contributed by atoms with E-state index in [0.29, 0.717) is 0 Å². The van der Waals surface area contributed by atoms with E-state index >= 15 is 0 Å². The minimum Gasteiger partial charge on any atom is -0.384 e. The molecule has 0 amide bonds. The van der Waals surface area contributed by atoms with Gasteiger partial charge in [-0.3, -0.25) is 4.21 Å². The molecule has 76 valence electrons. The molecule has 1 atom stereocenters. The first-order chi connectivity index (χ1) is 6.61. The molecule has 2 rings (SSSR count). The van der Waals surface area contributed by atoms with Gasteiger partial charge in [-0.25, -0.2) is 0 Å². The smallest absolute Gasteiger partial charge is 0.0624 e. The SMILES string of the molecule is CC1(C)CCNc2ccccc2S1=O. The molecule has 0 aromatic heterocycles. The molecule has 1 aromatic carbocycles. The Kier molecular flexibility index (Phi) is 2.35. The van der Waals surface area contributed by atoms with Crippen LogP contribution in [0.3, 0.4) is 0 Å². The third-order valence-electron chi connectivity index (χ3n) is 2.63. The summed E-state index contributed by atoms with van der Waals surface area (Å²) in [5, 5.41) is 3.32. The molecule has 14 heavy (non-hydrogen) atoms. The van der Waals surface area contributed by atoms with Gasteiger partial charge in [0.1, 0.15) is 0 Å². The molecule has 0 bridgehead atoms. The molecule has 1 aliphatic heterocycles. The Morgan fingerprint density at radius 1 is 1.36 bits per heavy atom. The van der Waals surface area contributed by atoms with Crippen molar-refractivity contribution in [2.45, 2.75) is 29.9 Å². The van der Waals surface area contributed by atoms with Crippen LogP contribution in [-0.2, 0) is 10.8 Å². The Hall–Kier alpha value is -0.830. The van der Waals surface area contributed by atoms with E-state index in [1.165, 1.54) is 0 Å². The van der Waals surface area contributed by atoms with Gasteiger partial charge in [0.2, 0.25) is 0 Å². The molecule has 0 saturated carbocycles. The van der Waals surface area contributed by atoms with Gasteiger partial charge in [-0.05, 0) is 32.4 Å². The first kappa shape index (κ1) is 9.71. The van der Waals surface area contributed by atoms with Gasteiger partial charge in [-0.1, -0.05) is 12.1 Å². The van der Waals surface area contributed by atoms with Crippen molar-refractivity contribution in [1.82, 2.24) is 0 Å². The monoisotopic (exact) mass is 209 g/mol. The maximum absolute atomic E-state index is 12.2. The van der Waals surface area contributed by atoms with E-state index in [1.807, 2.05) is 24.3 Å². The molecule has 2 nitrogen and oxygen atoms in total. The summed E-state index contributed by atoms with van der Waals surface area (Å²) in [4.78, 5) is 0.940. The zero-order valence-corrected chi connectivity index (χ0v) is 9.36. The maximum Gasteiger partial charge on any atom is 0.0624 e. The second-order valence-electron chi connectivity index (χ2n) is 4.20. The fourth-order valence-corrected chi connectivity index (χ4v) is 3.09. The van der Waals surface area contributed by atoms with Gasteiger partial charge >= 0.3 is 0 Å². The number of anilines is 1. The van der Waals surface area contributed by atoms with Crippen LogP contribution in [0.2, 0.25) is 0 Å². The zero-order chi connectivity index (χ0) is 10.2. The van der Waals surface area contributed by atoms with Crippen LogP contribution >= 0.6 is 0 Å². The topological polar surface area (TPSA) is 29.1 Å². The summed E-state index contributed by atoms with van der Waals surface area (Å²) >= 11 is 0. The van der Waals surface area contributed by atoms with Gasteiger partial charge in [-0.2, -0.15) is 0 Å². The molecule has 1 N–H and O–H groups in total. The van der Waals surface area contributed by atoms with Crippen molar-refractivity contribution in [1.29, 1.82) is 0 Å². The summed E-state index contributed by atoms with van der Waals surface area (Å²) in [5.74, 6) is 0. The quantitative estimate of drug-likeness (QED) is 0.711. The fraction of sp³-hybridized carbons (Fsp3) is 0.455. The average Bonchev–Trinajstić information content (AvgIpc) is 2.27. The van der Waals surface area contributed by atoms with Crippen molar-refractivity contribution >= 4 is 16.5 Å². The van der Waals surface area contributed by atoms with Crippen LogP contribution in [0.4, 0.5) is 5.69 Å². The molecular formula is C11H15NOS. The van der Waals surface area contributed by atoms with Gasteiger partial charge < -0.3 is 5.32 Å². The summed E-state index contributed by atoms with van der Waals surface area (Å²) in [7, 11) is -0.905. The molecule has 1 aromatic rings. The van der Waals surface area contributed by atoms with E-state index in [4.69, 9.17) is 0 Å². The normalized spacial score (nSPS) is 24.6. The highest BCUT2D eigenvalue weighted by Gasteiger charge is 2.30. The third-order valence-corrected chi connectivity index (χ3v) is 4.59. The van der Waals surface area contributed by atoms with Gasteiger partial charge in [-0.15, -0.1) is 0 Å². The second-order valence-corrected chi connectivity index (χ2v) is 6.28. The fourth-order valence-electron chi connectivity index (χ4n) is 1.66. The molecule has 1 heterocycles. The predicted octanol–water partition coefficient (Wildman–Crippen LogP) is 2.39. The van der Waals surface area contributed by atoms with Crippen LogP contribution in [0.5, 0.6) is 0 Å². The second kappa shape index (κ2) is 3.39. The van der Waals surface area contributed by atoms with Crippen molar-refractivity contribution < 1.29 is 4.21 Å². The highest BCUT2D eigenvalue weighted by atomic mass is 32.2. The number of fused-ring (bicyclic) bond motifs is 1. The molecule has 3 heteroatoms. The van der Waals surface area contributed by atoms with Crippen LogP contribution in [0.15, 0.2) is 29.2 Å². The molecule has 0 aliphatic carbocycles. The first-order valence-electron chi connectivity index (χ1n) is 4.86. The van der Waals surface area contributed by atoms with E-state index in [0.717, 1.165) is 23.5 Å². The molecule has 0 spiro atoms. The summed E-state index contributed by atoms with van der Waals surface area (Å²) < 4.78 is 12.1. The molecular weight excluding hydrogens is 194 g/mol. The van der Waals surface area contributed by atoms with Gasteiger partial charge in [0.15, 0.2) is 0 Å². The minimum absolute atomic E-state index is 0.125. The standard InChI is InChI=1S/C11H15NOS/c1-11(2)7-8-12-9-5-3-4-6-10(9)14(11)13/h3-6,12H,7-8H2,1-2H3. The summed E-state index contributed by atoms with van der Waals surface area (Å²) in [6, 6.07) is 7.86. The van der Waals surface area contributed by atoms with Crippen LogP contribution in [0.25, 0.3) is 0 Å². The number of hydrogen-bond donors (Lipinski definition) is 1. The Labute approximate surface area is 87.2 Å². The Morgan fingerprint density at radius 2 is 2.07 bits per heavy atom. The zero-order valence-electron chi connectivity index (χ0n) is 8.54. The Morgan fingerprint density at radius 3 is 2.86 bits per heavy atom. The lowest BCUT2D eigenvalue weighted by atomic mass is 10.1. The van der Waals surface area contributed by atoms with Gasteiger partial charge in [0.25, 0.3) is 0 Å². The van der Waals surface area contributed by atoms with Crippen molar-refractivity contribution in [3.8, 4) is 0 Å². The average molecular weight is 209 g/mol. The number of nitrogens with one attached hydrogen (secondary N) is 1. The maximum atomic E-state index is 12.2. The predicted molar refractivity (Wildman–Crippen MR) is 60.0 cm³/mol. The third kappa shape index (κ3) is 1.57. The molecule has 0 fully saturated rings. The van der Waals surface area contributed by atoms with E-state index in [-0.39, 0.29) is 4.75 Å². The number of para-hydroxylation sites is 1. The van der Waals surface area contributed by atoms with Gasteiger partial charge in [0.05, 0.1) is 21.4 Å². The van der Waals surface area contributed by atoms with E-state index in [9.17, 15) is 4.21 Å². The lowest BCUT2D eigenvalue weighted by Gasteiger charge is -2.20. The van der Waals surface area contributed by atoms with Crippen LogP contribution in [0.1, 0.15) is 20.3 Å². The van der Waals surface area contributed by atoms with Crippen molar-refractivity contribution in [3.05, 3.63) is 24.3 Å². The Bertz CT molecular complexity index is 373. The van der Waals surface area contributed by atoms with Crippen LogP contribution in [-0.4, -0.2) is 15.5 Å². The highest BCUT2D eigenvalue weighted by molar-refractivity contribution is 7.86. The lowest BCUT2D eigenvalue weighted by Crippen LogP contribution is -2.26. The molecule has 1 aliphatic rings. The number of rotatable bonds is 0. The Balaban J connectivity index is 2.51. The summed E-state index contributed by atoms with van der Waals surface area (Å²) in [6.45, 7) is 5.02. The van der Waals surface area contributed by atoms with Crippen molar-refractivity contribution in [2.24, 2.45) is 0 Å². The van der Waals surface area contributed by atoms with Crippen molar-refractivity contribution in [2.75, 3.05) is 11.9 Å². The number of benzene rings is 1. The largest absolute Gasteiger partial charge is 0.384 e. The number of hydrogen-bond acceptors (Lipinski definition) is 2. The molecule has 1 unspecified atom stereocenters. The molecule has 0 radical (unpaired) electrons. The molecule has 0 saturated heterocycles. The van der Waals surface area contributed by atoms with Crippen LogP contribution in [0, 0.1) is 0 Å². The first-order valence-corrected chi connectivity index (χ1v) is 6.01. The highest BCUT2D eigenvalue weighted by Crippen LogP contribution is 2.32. The van der Waals surface area contributed by atoms with Crippen LogP contribution < -0.4 is 5.32 Å². The van der Waals surface area contributed by atoms with E-state index in [2.05, 4.69) is 19.2 Å².